The van der Waals surface area contributed by atoms with Crippen molar-refractivity contribution < 1.29 is 27.0 Å². The van der Waals surface area contributed by atoms with E-state index in [0.717, 1.165) is 0 Å². The summed E-state index contributed by atoms with van der Waals surface area (Å²) in [6.45, 7) is 0.785. The Hall–Kier alpha value is -3.35. The Morgan fingerprint density at radius 2 is 1.92 bits per heavy atom. The van der Waals surface area contributed by atoms with Gasteiger partial charge in [-0.1, -0.05) is 12.1 Å². The summed E-state index contributed by atoms with van der Waals surface area (Å²) in [6.07, 6.45) is -2.63. The van der Waals surface area contributed by atoms with E-state index in [1.54, 1.807) is 18.2 Å². The maximum absolute atomic E-state index is 14.5. The Labute approximate surface area is 203 Å². The second-order valence-electron chi connectivity index (χ2n) is 8.69. The minimum absolute atomic E-state index is 0.0385. The Bertz CT molecular complexity index is 1390. The molecule has 2 N–H and O–H groups in total. The number of benzene rings is 1. The van der Waals surface area contributed by atoms with Gasteiger partial charge >= 0.3 is 6.18 Å². The summed E-state index contributed by atoms with van der Waals surface area (Å²) in [6, 6.07) is 7.00. The summed E-state index contributed by atoms with van der Waals surface area (Å²) in [5.74, 6) is -0.406. The van der Waals surface area contributed by atoms with Crippen LogP contribution in [-0.2, 0) is 4.74 Å². The predicted octanol–water partition coefficient (Wildman–Crippen LogP) is 3.75. The first kappa shape index (κ1) is 24.3. The number of pyridine rings is 2. The number of ether oxygens (including phenoxy) is 2. The molecule has 1 aliphatic heterocycles. The molecular formula is C24H24F4N6O2. The second kappa shape index (κ2) is 9.60. The lowest BCUT2D eigenvalue weighted by molar-refractivity contribution is -0.183. The van der Waals surface area contributed by atoms with Crippen molar-refractivity contribution in [1.82, 2.24) is 24.5 Å². The zero-order valence-electron chi connectivity index (χ0n) is 19.4. The molecule has 0 radical (unpaired) electrons. The number of nitrogens with zero attached hydrogens (tertiary/aromatic N) is 5. The molecule has 1 aromatic carbocycles. The minimum Gasteiger partial charge on any atom is -0.486 e. The fourth-order valence-electron chi connectivity index (χ4n) is 4.53. The van der Waals surface area contributed by atoms with Crippen LogP contribution < -0.4 is 10.5 Å². The molecular weight excluding hydrogens is 480 g/mol. The highest BCUT2D eigenvalue weighted by molar-refractivity contribution is 5.86. The number of rotatable bonds is 7. The number of likely N-dealkylation sites (tertiary alicyclic amines) is 1. The van der Waals surface area contributed by atoms with Crippen LogP contribution in [-0.4, -0.2) is 70.1 Å². The van der Waals surface area contributed by atoms with E-state index in [9.17, 15) is 17.6 Å². The van der Waals surface area contributed by atoms with Crippen molar-refractivity contribution in [3.05, 3.63) is 54.0 Å². The number of fused-ring (bicyclic) bond motifs is 2. The monoisotopic (exact) mass is 504 g/mol. The molecule has 8 nitrogen and oxygen atoms in total. The maximum atomic E-state index is 14.5. The van der Waals surface area contributed by atoms with E-state index in [1.165, 1.54) is 40.8 Å². The fraction of sp³-hybridized carbons (Fsp3) is 0.375. The third-order valence-corrected chi connectivity index (χ3v) is 6.20. The molecule has 0 unspecified atom stereocenters. The molecule has 1 aliphatic rings. The van der Waals surface area contributed by atoms with E-state index in [0.29, 0.717) is 23.1 Å². The number of nitrogens with two attached hydrogens (primary N) is 1. The zero-order valence-corrected chi connectivity index (χ0v) is 19.4. The number of methoxy groups -OCH3 is 1. The SMILES string of the molecule is COCCOc1c(F)ccc2ccc(-c3nnc4ccc([C@@H](N5CC[C@H](N)C5)C(F)(F)F)cn34)nc12. The lowest BCUT2D eigenvalue weighted by Gasteiger charge is -2.30. The van der Waals surface area contributed by atoms with E-state index in [-0.39, 0.29) is 55.0 Å². The van der Waals surface area contributed by atoms with Crippen LogP contribution in [0.5, 0.6) is 5.75 Å². The van der Waals surface area contributed by atoms with Crippen LogP contribution in [0.2, 0.25) is 0 Å². The first-order chi connectivity index (χ1) is 17.3. The Morgan fingerprint density at radius 3 is 2.64 bits per heavy atom. The normalized spacial score (nSPS) is 17.8. The Morgan fingerprint density at radius 1 is 1.11 bits per heavy atom. The molecule has 1 saturated heterocycles. The van der Waals surface area contributed by atoms with Gasteiger partial charge < -0.3 is 15.2 Å². The van der Waals surface area contributed by atoms with Crippen LogP contribution in [0.15, 0.2) is 42.6 Å². The molecule has 2 atom stereocenters. The third kappa shape index (κ3) is 4.59. The number of hydrogen-bond acceptors (Lipinski definition) is 7. The molecule has 0 aliphatic carbocycles. The van der Waals surface area contributed by atoms with Gasteiger partial charge in [-0.3, -0.25) is 9.30 Å². The standard InChI is InChI=1S/C24H24F4N6O2/c1-35-10-11-36-21-17(25)5-2-14-3-6-18(30-20(14)21)23-32-31-19-7-4-15(12-34(19)23)22(24(26,27)28)33-9-8-16(29)13-33/h2-7,12,16,22H,8-11,13,29H2,1H3/t16-,22+/m0/s1. The van der Waals surface area contributed by atoms with Crippen molar-refractivity contribution in [2.45, 2.75) is 24.7 Å². The molecule has 190 valence electrons. The lowest BCUT2D eigenvalue weighted by atomic mass is 10.1. The molecule has 0 bridgehead atoms. The number of aromatic nitrogens is 4. The van der Waals surface area contributed by atoms with E-state index < -0.39 is 18.0 Å². The van der Waals surface area contributed by atoms with Gasteiger partial charge in [0.25, 0.3) is 0 Å². The molecule has 0 spiro atoms. The van der Waals surface area contributed by atoms with E-state index in [1.807, 2.05) is 0 Å². The van der Waals surface area contributed by atoms with Gasteiger partial charge in [0.1, 0.15) is 23.9 Å². The highest BCUT2D eigenvalue weighted by atomic mass is 19.4. The van der Waals surface area contributed by atoms with Crippen LogP contribution in [0.1, 0.15) is 18.0 Å². The van der Waals surface area contributed by atoms with Crippen LogP contribution in [0, 0.1) is 5.82 Å². The number of hydrogen-bond donors (Lipinski definition) is 1. The molecule has 36 heavy (non-hydrogen) atoms. The van der Waals surface area contributed by atoms with Crippen LogP contribution in [0.4, 0.5) is 17.6 Å². The van der Waals surface area contributed by atoms with Gasteiger partial charge in [-0.05, 0) is 36.2 Å². The summed E-state index contributed by atoms with van der Waals surface area (Å²) in [5, 5.41) is 8.87. The van der Waals surface area contributed by atoms with Crippen molar-refractivity contribution in [3.63, 3.8) is 0 Å². The molecule has 4 heterocycles. The molecule has 3 aromatic heterocycles. The summed E-state index contributed by atoms with van der Waals surface area (Å²) < 4.78 is 68.9. The molecule has 1 fully saturated rings. The third-order valence-electron chi connectivity index (χ3n) is 6.20. The average molecular weight is 504 g/mol. The number of alkyl halides is 3. The van der Waals surface area contributed by atoms with Gasteiger partial charge in [0.05, 0.1) is 6.61 Å². The van der Waals surface area contributed by atoms with Crippen molar-refractivity contribution >= 4 is 16.6 Å². The largest absolute Gasteiger partial charge is 0.486 e. The van der Waals surface area contributed by atoms with Crippen molar-refractivity contribution in [2.24, 2.45) is 5.73 Å². The Balaban J connectivity index is 1.58. The highest BCUT2D eigenvalue weighted by Crippen LogP contribution is 2.39. The zero-order chi connectivity index (χ0) is 25.4. The van der Waals surface area contributed by atoms with Gasteiger partial charge in [-0.25, -0.2) is 9.37 Å². The molecule has 0 saturated carbocycles. The Kier molecular flexibility index (Phi) is 6.49. The predicted molar refractivity (Wildman–Crippen MR) is 124 cm³/mol. The molecule has 4 aromatic rings. The molecule has 0 amide bonds. The first-order valence-corrected chi connectivity index (χ1v) is 11.4. The van der Waals surface area contributed by atoms with Crippen LogP contribution in [0.25, 0.3) is 28.1 Å². The minimum atomic E-state index is -4.50. The fourth-order valence-corrected chi connectivity index (χ4v) is 4.53. The van der Waals surface area contributed by atoms with Crippen molar-refractivity contribution in [3.8, 4) is 17.3 Å². The summed E-state index contributed by atoms with van der Waals surface area (Å²) in [4.78, 5) is 5.88. The summed E-state index contributed by atoms with van der Waals surface area (Å²) >= 11 is 0. The van der Waals surface area contributed by atoms with Gasteiger partial charge in [0.2, 0.25) is 0 Å². The van der Waals surface area contributed by atoms with E-state index >= 15 is 0 Å². The van der Waals surface area contributed by atoms with Crippen LogP contribution in [0.3, 0.4) is 0 Å². The summed E-state index contributed by atoms with van der Waals surface area (Å²) in [7, 11) is 1.51. The maximum Gasteiger partial charge on any atom is 0.408 e. The average Bonchev–Trinajstić information content (AvgIpc) is 3.45. The quantitative estimate of drug-likeness (QED) is 0.303. The van der Waals surface area contributed by atoms with Crippen molar-refractivity contribution in [2.75, 3.05) is 33.4 Å². The van der Waals surface area contributed by atoms with Gasteiger partial charge in [-0.15, -0.1) is 10.2 Å². The second-order valence-corrected chi connectivity index (χ2v) is 8.69. The van der Waals surface area contributed by atoms with Crippen LogP contribution >= 0.6 is 0 Å². The van der Waals surface area contributed by atoms with Crippen molar-refractivity contribution in [1.29, 1.82) is 0 Å². The van der Waals surface area contributed by atoms with Gasteiger partial charge in [0, 0.05) is 37.8 Å². The first-order valence-electron chi connectivity index (χ1n) is 11.4. The smallest absolute Gasteiger partial charge is 0.408 e. The summed E-state index contributed by atoms with van der Waals surface area (Å²) in [5.41, 5.74) is 6.84. The van der Waals surface area contributed by atoms with E-state index in [4.69, 9.17) is 15.2 Å². The number of halogens is 4. The molecule has 12 heteroatoms. The topological polar surface area (TPSA) is 90.8 Å². The molecule has 5 rings (SSSR count). The van der Waals surface area contributed by atoms with Gasteiger partial charge in [0.15, 0.2) is 23.0 Å². The highest BCUT2D eigenvalue weighted by Gasteiger charge is 2.46. The van der Waals surface area contributed by atoms with E-state index in [2.05, 4.69) is 15.2 Å². The van der Waals surface area contributed by atoms with Gasteiger partial charge in [-0.2, -0.15) is 13.2 Å². The lowest BCUT2D eigenvalue weighted by Crippen LogP contribution is -2.38.